The molecule has 0 amide bonds. The van der Waals surface area contributed by atoms with Crippen LogP contribution in [0.4, 0.5) is 5.82 Å². The van der Waals surface area contributed by atoms with Crippen molar-refractivity contribution in [1.82, 2.24) is 9.97 Å². The van der Waals surface area contributed by atoms with Crippen molar-refractivity contribution in [3.05, 3.63) is 47.4 Å². The molecule has 1 aromatic heterocycles. The van der Waals surface area contributed by atoms with Gasteiger partial charge in [-0.3, -0.25) is 0 Å². The number of imidazole rings is 1. The Hall–Kier alpha value is -1.77. The first kappa shape index (κ1) is 10.4. The number of benzene rings is 1. The monoisotopic (exact) mass is 227 g/mol. The molecule has 2 heterocycles. The van der Waals surface area contributed by atoms with Crippen LogP contribution in [0.2, 0.25) is 0 Å². The molecule has 2 aromatic rings. The van der Waals surface area contributed by atoms with Crippen LogP contribution in [0.25, 0.3) is 0 Å². The quantitative estimate of drug-likeness (QED) is 0.828. The molecular weight excluding hydrogens is 210 g/mol. The van der Waals surface area contributed by atoms with E-state index in [9.17, 15) is 0 Å². The smallest absolute Gasteiger partial charge is 0.127 e. The van der Waals surface area contributed by atoms with E-state index in [0.717, 1.165) is 24.6 Å². The number of fused-ring (bicyclic) bond motifs is 1. The van der Waals surface area contributed by atoms with Crippen LogP contribution in [0.3, 0.4) is 0 Å². The summed E-state index contributed by atoms with van der Waals surface area (Å²) >= 11 is 0. The third kappa shape index (κ3) is 2.05. The third-order valence-corrected chi connectivity index (χ3v) is 3.34. The van der Waals surface area contributed by atoms with Gasteiger partial charge in [-0.15, -0.1) is 0 Å². The van der Waals surface area contributed by atoms with E-state index in [1.165, 1.54) is 17.7 Å². The van der Waals surface area contributed by atoms with Crippen LogP contribution in [0.5, 0.6) is 0 Å². The predicted octanol–water partition coefficient (Wildman–Crippen LogP) is 2.92. The van der Waals surface area contributed by atoms with Gasteiger partial charge in [0, 0.05) is 18.9 Å². The number of rotatable bonds is 2. The minimum Gasteiger partial charge on any atom is -0.370 e. The van der Waals surface area contributed by atoms with Crippen LogP contribution < -0.4 is 5.32 Å². The lowest BCUT2D eigenvalue weighted by Gasteiger charge is -2.17. The lowest BCUT2D eigenvalue weighted by Crippen LogP contribution is -2.14. The van der Waals surface area contributed by atoms with Crippen molar-refractivity contribution < 1.29 is 0 Å². The minimum atomic E-state index is 0.562. The molecule has 1 aliphatic heterocycles. The van der Waals surface area contributed by atoms with Crippen LogP contribution in [0, 0.1) is 0 Å². The molecule has 1 aliphatic rings. The standard InChI is InChI=1S/C14H17N3/c1-10-7-8-15-14-13(10)16-12(17-14)9-11-5-3-2-4-6-11/h2-6,10,15H,7-9H2,1H3,(H,16,17)/t10-/m0/s1. The SMILES string of the molecule is C[C@H]1CCNc2[nH]c(Cc3ccccc3)nc21. The molecule has 0 aliphatic carbocycles. The summed E-state index contributed by atoms with van der Waals surface area (Å²) in [6, 6.07) is 10.5. The Morgan fingerprint density at radius 1 is 1.29 bits per heavy atom. The molecule has 0 spiro atoms. The van der Waals surface area contributed by atoms with Gasteiger partial charge in [-0.2, -0.15) is 0 Å². The maximum absolute atomic E-state index is 4.71. The largest absolute Gasteiger partial charge is 0.370 e. The maximum atomic E-state index is 4.71. The molecule has 17 heavy (non-hydrogen) atoms. The molecule has 0 unspecified atom stereocenters. The number of H-pyrrole nitrogens is 1. The highest BCUT2D eigenvalue weighted by molar-refractivity contribution is 5.46. The van der Waals surface area contributed by atoms with E-state index in [2.05, 4.69) is 41.5 Å². The molecule has 1 atom stereocenters. The molecule has 0 bridgehead atoms. The number of hydrogen-bond acceptors (Lipinski definition) is 2. The first-order valence-electron chi connectivity index (χ1n) is 6.19. The second-order valence-corrected chi connectivity index (χ2v) is 4.72. The van der Waals surface area contributed by atoms with Crippen LogP contribution in [0.1, 0.15) is 36.3 Å². The van der Waals surface area contributed by atoms with Crippen molar-refractivity contribution in [1.29, 1.82) is 0 Å². The van der Waals surface area contributed by atoms with Gasteiger partial charge in [0.2, 0.25) is 0 Å². The van der Waals surface area contributed by atoms with Gasteiger partial charge in [0.15, 0.2) is 0 Å². The van der Waals surface area contributed by atoms with Crippen LogP contribution >= 0.6 is 0 Å². The summed E-state index contributed by atoms with van der Waals surface area (Å²) in [5, 5.41) is 3.38. The molecule has 0 radical (unpaired) electrons. The number of nitrogens with one attached hydrogen (secondary N) is 2. The number of aromatic amines is 1. The molecule has 88 valence electrons. The van der Waals surface area contributed by atoms with Gasteiger partial charge in [-0.1, -0.05) is 37.3 Å². The predicted molar refractivity (Wildman–Crippen MR) is 69.4 cm³/mol. The fourth-order valence-electron chi connectivity index (χ4n) is 2.35. The second-order valence-electron chi connectivity index (χ2n) is 4.72. The normalized spacial score (nSPS) is 18.5. The Morgan fingerprint density at radius 2 is 2.12 bits per heavy atom. The maximum Gasteiger partial charge on any atom is 0.127 e. The third-order valence-electron chi connectivity index (χ3n) is 3.34. The van der Waals surface area contributed by atoms with Crippen molar-refractivity contribution in [2.45, 2.75) is 25.7 Å². The number of anilines is 1. The Labute approximate surface area is 101 Å². The summed E-state index contributed by atoms with van der Waals surface area (Å²) in [5.74, 6) is 2.74. The van der Waals surface area contributed by atoms with Crippen molar-refractivity contribution in [3.63, 3.8) is 0 Å². The van der Waals surface area contributed by atoms with Crippen LogP contribution in [-0.2, 0) is 6.42 Å². The average Bonchev–Trinajstić information content (AvgIpc) is 2.74. The zero-order chi connectivity index (χ0) is 11.7. The molecule has 1 aromatic carbocycles. The molecule has 3 nitrogen and oxygen atoms in total. The van der Waals surface area contributed by atoms with Gasteiger partial charge >= 0.3 is 0 Å². The van der Waals surface area contributed by atoms with Gasteiger partial charge in [0.25, 0.3) is 0 Å². The highest BCUT2D eigenvalue weighted by Gasteiger charge is 2.20. The van der Waals surface area contributed by atoms with Gasteiger partial charge < -0.3 is 10.3 Å². The van der Waals surface area contributed by atoms with Crippen LogP contribution in [0.15, 0.2) is 30.3 Å². The molecule has 0 saturated carbocycles. The van der Waals surface area contributed by atoms with E-state index in [0.29, 0.717) is 5.92 Å². The van der Waals surface area contributed by atoms with Gasteiger partial charge in [-0.25, -0.2) is 4.98 Å². The summed E-state index contributed by atoms with van der Waals surface area (Å²) in [6.45, 7) is 3.29. The fraction of sp³-hybridized carbons (Fsp3) is 0.357. The van der Waals surface area contributed by atoms with Crippen LogP contribution in [-0.4, -0.2) is 16.5 Å². The molecule has 3 heteroatoms. The summed E-state index contributed by atoms with van der Waals surface area (Å²) in [5.41, 5.74) is 2.49. The summed E-state index contributed by atoms with van der Waals surface area (Å²) in [4.78, 5) is 8.10. The second kappa shape index (κ2) is 4.24. The van der Waals surface area contributed by atoms with Gasteiger partial charge in [-0.05, 0) is 12.0 Å². The topological polar surface area (TPSA) is 40.7 Å². The summed E-state index contributed by atoms with van der Waals surface area (Å²) in [7, 11) is 0. The van der Waals surface area contributed by atoms with E-state index in [1.807, 2.05) is 6.07 Å². The molecular formula is C14H17N3. The Kier molecular flexibility index (Phi) is 2.59. The lowest BCUT2D eigenvalue weighted by molar-refractivity contribution is 0.665. The van der Waals surface area contributed by atoms with E-state index >= 15 is 0 Å². The van der Waals surface area contributed by atoms with E-state index < -0.39 is 0 Å². The molecule has 0 saturated heterocycles. The Morgan fingerprint density at radius 3 is 2.88 bits per heavy atom. The minimum absolute atomic E-state index is 0.562. The number of nitrogens with zero attached hydrogens (tertiary/aromatic N) is 1. The highest BCUT2D eigenvalue weighted by atomic mass is 15.1. The van der Waals surface area contributed by atoms with Gasteiger partial charge in [0.05, 0.1) is 5.69 Å². The van der Waals surface area contributed by atoms with Crippen molar-refractivity contribution >= 4 is 5.82 Å². The first-order chi connectivity index (χ1) is 8.33. The zero-order valence-electron chi connectivity index (χ0n) is 10.0. The molecule has 0 fully saturated rings. The van der Waals surface area contributed by atoms with Gasteiger partial charge in [0.1, 0.15) is 11.6 Å². The lowest BCUT2D eigenvalue weighted by atomic mass is 10.0. The van der Waals surface area contributed by atoms with Crippen molar-refractivity contribution in [2.75, 3.05) is 11.9 Å². The van der Waals surface area contributed by atoms with E-state index in [-0.39, 0.29) is 0 Å². The highest BCUT2D eigenvalue weighted by Crippen LogP contribution is 2.29. The molecule has 3 rings (SSSR count). The number of hydrogen-bond donors (Lipinski definition) is 2. The average molecular weight is 227 g/mol. The Bertz CT molecular complexity index is 501. The summed E-state index contributed by atoms with van der Waals surface area (Å²) < 4.78 is 0. The Balaban J connectivity index is 1.85. The first-order valence-corrected chi connectivity index (χ1v) is 6.19. The van der Waals surface area contributed by atoms with Crippen molar-refractivity contribution in [2.24, 2.45) is 0 Å². The van der Waals surface area contributed by atoms with Crippen molar-refractivity contribution in [3.8, 4) is 0 Å². The van der Waals surface area contributed by atoms with E-state index in [1.54, 1.807) is 0 Å². The van der Waals surface area contributed by atoms with E-state index in [4.69, 9.17) is 4.98 Å². The molecule has 2 N–H and O–H groups in total. The summed E-state index contributed by atoms with van der Waals surface area (Å²) in [6.07, 6.45) is 2.05. The fourth-order valence-corrected chi connectivity index (χ4v) is 2.35. The zero-order valence-corrected chi connectivity index (χ0v) is 10.0. The number of aromatic nitrogens is 2.